The van der Waals surface area contributed by atoms with Crippen LogP contribution < -0.4 is 5.73 Å². The van der Waals surface area contributed by atoms with Gasteiger partial charge in [-0.2, -0.15) is 11.3 Å². The molecule has 7 nitrogen and oxygen atoms in total. The summed E-state index contributed by atoms with van der Waals surface area (Å²) in [6.07, 6.45) is 4.23. The highest BCUT2D eigenvalue weighted by atomic mass is 32.2. The minimum atomic E-state index is -3.25. The second kappa shape index (κ2) is 9.74. The number of fused-ring (bicyclic) bond motifs is 1. The summed E-state index contributed by atoms with van der Waals surface area (Å²) in [5.41, 5.74) is 10.7. The van der Waals surface area contributed by atoms with Crippen molar-refractivity contribution in [2.45, 2.75) is 31.6 Å². The Bertz CT molecular complexity index is 1180. The molecular formula is C23H29N3O4S2. The monoisotopic (exact) mass is 475 g/mol. The number of hydrogen-bond acceptors (Lipinski definition) is 5. The Hall–Kier alpha value is -2.20. The molecular weight excluding hydrogens is 446 g/mol. The number of carbonyl (C=O) groups is 1. The molecule has 4 rings (SSSR count). The number of sulfonamides is 1. The van der Waals surface area contributed by atoms with E-state index in [0.717, 1.165) is 40.4 Å². The van der Waals surface area contributed by atoms with Crippen molar-refractivity contribution in [2.75, 3.05) is 32.6 Å². The smallest absolute Gasteiger partial charge is 0.221 e. The van der Waals surface area contributed by atoms with Gasteiger partial charge in [0.2, 0.25) is 15.9 Å². The zero-order chi connectivity index (χ0) is 22.7. The SMILES string of the molecule is COCCCS(=O)(=O)N1CCC(c2c[nH]c3c(CC(N)=O)cc(-c4ccsc4)cc23)CC1. The number of nitrogens with zero attached hydrogens (tertiary/aromatic N) is 1. The Kier molecular flexibility index (Phi) is 6.99. The molecule has 1 amide bonds. The van der Waals surface area contributed by atoms with Gasteiger partial charge in [-0.05, 0) is 76.4 Å². The molecule has 1 saturated heterocycles. The summed E-state index contributed by atoms with van der Waals surface area (Å²) in [6.45, 7) is 1.49. The minimum Gasteiger partial charge on any atom is -0.385 e. The normalized spacial score (nSPS) is 16.0. The van der Waals surface area contributed by atoms with Crippen LogP contribution in [0.2, 0.25) is 0 Å². The van der Waals surface area contributed by atoms with Crippen LogP contribution in [0, 0.1) is 0 Å². The van der Waals surface area contributed by atoms with Crippen LogP contribution in [0.4, 0.5) is 0 Å². The molecule has 9 heteroatoms. The number of primary amides is 1. The Labute approximate surface area is 192 Å². The van der Waals surface area contributed by atoms with E-state index < -0.39 is 10.0 Å². The number of piperidine rings is 1. The minimum absolute atomic E-state index is 0.124. The van der Waals surface area contributed by atoms with Gasteiger partial charge >= 0.3 is 0 Å². The van der Waals surface area contributed by atoms with Crippen LogP contribution in [0.1, 0.15) is 36.3 Å². The molecule has 172 valence electrons. The van der Waals surface area contributed by atoms with Crippen molar-refractivity contribution >= 4 is 38.2 Å². The number of H-pyrrole nitrogens is 1. The number of benzene rings is 1. The average Bonchev–Trinajstić information content (AvgIpc) is 3.44. The topological polar surface area (TPSA) is 105 Å². The van der Waals surface area contributed by atoms with Crippen LogP contribution in [0.3, 0.4) is 0 Å². The molecule has 0 atom stereocenters. The zero-order valence-electron chi connectivity index (χ0n) is 18.2. The van der Waals surface area contributed by atoms with E-state index in [1.165, 1.54) is 5.56 Å². The van der Waals surface area contributed by atoms with Gasteiger partial charge in [-0.1, -0.05) is 0 Å². The number of rotatable bonds is 9. The van der Waals surface area contributed by atoms with Gasteiger partial charge in [0.25, 0.3) is 0 Å². The van der Waals surface area contributed by atoms with Gasteiger partial charge in [0.1, 0.15) is 0 Å². The van der Waals surface area contributed by atoms with E-state index in [1.54, 1.807) is 22.8 Å². The molecule has 32 heavy (non-hydrogen) atoms. The fourth-order valence-electron chi connectivity index (χ4n) is 4.55. The van der Waals surface area contributed by atoms with Crippen molar-refractivity contribution in [3.05, 3.63) is 46.3 Å². The third-order valence-corrected chi connectivity index (χ3v) is 8.80. The van der Waals surface area contributed by atoms with Crippen LogP contribution in [-0.2, 0) is 26.0 Å². The predicted molar refractivity (Wildman–Crippen MR) is 128 cm³/mol. The van der Waals surface area contributed by atoms with E-state index in [9.17, 15) is 13.2 Å². The number of aromatic nitrogens is 1. The van der Waals surface area contributed by atoms with Crippen LogP contribution in [0.15, 0.2) is 35.2 Å². The van der Waals surface area contributed by atoms with E-state index in [0.29, 0.717) is 26.1 Å². The molecule has 0 saturated carbocycles. The zero-order valence-corrected chi connectivity index (χ0v) is 19.8. The molecule has 0 bridgehead atoms. The first kappa shape index (κ1) is 23.0. The van der Waals surface area contributed by atoms with Gasteiger partial charge in [-0.15, -0.1) is 0 Å². The Balaban J connectivity index is 1.59. The van der Waals surface area contributed by atoms with Crippen molar-refractivity contribution in [1.82, 2.24) is 9.29 Å². The fourth-order valence-corrected chi connectivity index (χ4v) is 6.72. The summed E-state index contributed by atoms with van der Waals surface area (Å²) >= 11 is 1.63. The molecule has 3 heterocycles. The Morgan fingerprint density at radius 1 is 1.28 bits per heavy atom. The number of ether oxygens (including phenoxy) is 1. The first-order chi connectivity index (χ1) is 15.4. The molecule has 1 fully saturated rings. The van der Waals surface area contributed by atoms with Crippen molar-refractivity contribution < 1.29 is 17.9 Å². The lowest BCUT2D eigenvalue weighted by atomic mass is 9.88. The maximum Gasteiger partial charge on any atom is 0.221 e. The molecule has 1 aliphatic heterocycles. The number of hydrogen-bond donors (Lipinski definition) is 2. The van der Waals surface area contributed by atoms with E-state index in [-0.39, 0.29) is 24.0 Å². The largest absolute Gasteiger partial charge is 0.385 e. The molecule has 1 aromatic carbocycles. The lowest BCUT2D eigenvalue weighted by molar-refractivity contribution is -0.117. The lowest BCUT2D eigenvalue weighted by Gasteiger charge is -2.31. The first-order valence-corrected chi connectivity index (χ1v) is 13.4. The summed E-state index contributed by atoms with van der Waals surface area (Å²) in [5.74, 6) is 0.0178. The van der Waals surface area contributed by atoms with E-state index in [4.69, 9.17) is 10.5 Å². The summed E-state index contributed by atoms with van der Waals surface area (Å²) in [7, 11) is -1.67. The van der Waals surface area contributed by atoms with Crippen LogP contribution in [0.5, 0.6) is 0 Å². The van der Waals surface area contributed by atoms with E-state index in [2.05, 4.69) is 22.5 Å². The van der Waals surface area contributed by atoms with Gasteiger partial charge in [0.05, 0.1) is 12.2 Å². The summed E-state index contributed by atoms with van der Waals surface area (Å²) in [6, 6.07) is 6.27. The number of thiophene rings is 1. The van der Waals surface area contributed by atoms with Crippen molar-refractivity contribution in [2.24, 2.45) is 5.73 Å². The molecule has 3 aromatic rings. The van der Waals surface area contributed by atoms with Crippen molar-refractivity contribution in [3.63, 3.8) is 0 Å². The predicted octanol–water partition coefficient (Wildman–Crippen LogP) is 3.47. The van der Waals surface area contributed by atoms with Crippen LogP contribution in [-0.4, -0.2) is 56.2 Å². The number of nitrogens with one attached hydrogen (secondary N) is 1. The second-order valence-electron chi connectivity index (χ2n) is 8.29. The number of carbonyl (C=O) groups excluding carboxylic acids is 1. The van der Waals surface area contributed by atoms with Gasteiger partial charge in [0.15, 0.2) is 0 Å². The molecule has 0 spiro atoms. The molecule has 0 aliphatic carbocycles. The third kappa shape index (κ3) is 4.91. The number of aromatic amines is 1. The summed E-state index contributed by atoms with van der Waals surface area (Å²) in [4.78, 5) is 15.0. The van der Waals surface area contributed by atoms with E-state index in [1.807, 2.05) is 17.6 Å². The third-order valence-electron chi connectivity index (χ3n) is 6.16. The highest BCUT2D eigenvalue weighted by molar-refractivity contribution is 7.89. The summed E-state index contributed by atoms with van der Waals surface area (Å²) in [5, 5.41) is 5.22. The lowest BCUT2D eigenvalue weighted by Crippen LogP contribution is -2.39. The quantitative estimate of drug-likeness (QED) is 0.462. The first-order valence-electron chi connectivity index (χ1n) is 10.8. The Morgan fingerprint density at radius 3 is 2.72 bits per heavy atom. The highest BCUT2D eigenvalue weighted by Gasteiger charge is 2.29. The fraction of sp³-hybridized carbons (Fsp3) is 0.435. The molecule has 0 radical (unpaired) electrons. The van der Waals surface area contributed by atoms with Gasteiger partial charge in [-0.25, -0.2) is 12.7 Å². The molecule has 1 aliphatic rings. The second-order valence-corrected chi connectivity index (χ2v) is 11.2. The maximum absolute atomic E-state index is 12.6. The van der Waals surface area contributed by atoms with Gasteiger partial charge in [-0.3, -0.25) is 4.79 Å². The molecule has 2 aromatic heterocycles. The van der Waals surface area contributed by atoms with Gasteiger partial charge in [0, 0.05) is 43.9 Å². The van der Waals surface area contributed by atoms with Gasteiger partial charge < -0.3 is 15.5 Å². The number of methoxy groups -OCH3 is 1. The van der Waals surface area contributed by atoms with Crippen LogP contribution in [0.25, 0.3) is 22.0 Å². The number of nitrogens with two attached hydrogens (primary N) is 1. The van der Waals surface area contributed by atoms with E-state index >= 15 is 0 Å². The number of amides is 1. The van der Waals surface area contributed by atoms with Crippen LogP contribution >= 0.6 is 11.3 Å². The Morgan fingerprint density at radius 2 is 2.06 bits per heavy atom. The standard InChI is InChI=1S/C23H29N3O4S2/c1-30-8-2-10-32(28,29)26-6-3-16(4-7-26)21-14-25-23-19(13-22(24)27)11-18(12-20(21)23)17-5-9-31-15-17/h5,9,11-12,14-16,25H,2-4,6-8,10,13H2,1H3,(H2,24,27). The average molecular weight is 476 g/mol. The van der Waals surface area contributed by atoms with Crippen molar-refractivity contribution in [3.8, 4) is 11.1 Å². The summed E-state index contributed by atoms with van der Waals surface area (Å²) < 4.78 is 31.8. The molecule has 3 N–H and O–H groups in total. The maximum atomic E-state index is 12.6. The molecule has 0 unspecified atom stereocenters. The van der Waals surface area contributed by atoms with Crippen molar-refractivity contribution in [1.29, 1.82) is 0 Å². The highest BCUT2D eigenvalue weighted by Crippen LogP contribution is 2.37.